The Morgan fingerprint density at radius 3 is 2.47 bits per heavy atom. The van der Waals surface area contributed by atoms with Crippen LogP contribution in [0.3, 0.4) is 0 Å². The highest BCUT2D eigenvalue weighted by molar-refractivity contribution is 5.35. The number of nitrogens with one attached hydrogen (secondary N) is 1. The zero-order valence-corrected chi connectivity index (χ0v) is 12.9. The van der Waals surface area contributed by atoms with Crippen LogP contribution in [0.25, 0.3) is 0 Å². The molecule has 19 heavy (non-hydrogen) atoms. The first kappa shape index (κ1) is 16.0. The first-order valence-electron chi connectivity index (χ1n) is 6.91. The van der Waals surface area contributed by atoms with Crippen molar-refractivity contribution in [2.45, 2.75) is 40.2 Å². The molecule has 0 spiro atoms. The minimum absolute atomic E-state index is 0.151. The lowest BCUT2D eigenvalue weighted by molar-refractivity contribution is 0.0982. The number of rotatable bonds is 7. The van der Waals surface area contributed by atoms with Crippen molar-refractivity contribution in [3.8, 4) is 5.75 Å². The second-order valence-corrected chi connectivity index (χ2v) is 5.91. The Balaban J connectivity index is 2.12. The maximum absolute atomic E-state index is 5.72. The number of ether oxygens (including phenoxy) is 2. The quantitative estimate of drug-likeness (QED) is 0.769. The van der Waals surface area contributed by atoms with E-state index in [9.17, 15) is 0 Å². The van der Waals surface area contributed by atoms with Gasteiger partial charge in [-0.25, -0.2) is 0 Å². The Hall–Kier alpha value is -1.06. The normalized spacial score (nSPS) is 11.6. The van der Waals surface area contributed by atoms with E-state index in [-0.39, 0.29) is 5.54 Å². The van der Waals surface area contributed by atoms with Gasteiger partial charge in [-0.15, -0.1) is 0 Å². The van der Waals surface area contributed by atoms with Crippen molar-refractivity contribution >= 4 is 0 Å². The van der Waals surface area contributed by atoms with Crippen molar-refractivity contribution in [2.24, 2.45) is 0 Å². The minimum Gasteiger partial charge on any atom is -0.491 e. The van der Waals surface area contributed by atoms with Crippen molar-refractivity contribution in [2.75, 3.05) is 26.4 Å². The average Bonchev–Trinajstić information content (AvgIpc) is 2.31. The number of hydrogen-bond donors (Lipinski definition) is 1. The summed E-state index contributed by atoms with van der Waals surface area (Å²) in [6, 6.07) is 6.24. The summed E-state index contributed by atoms with van der Waals surface area (Å²) in [6.45, 7) is 13.4. The molecule has 0 heterocycles. The van der Waals surface area contributed by atoms with Crippen LogP contribution in [0.1, 0.15) is 31.9 Å². The molecule has 0 fully saturated rings. The van der Waals surface area contributed by atoms with Crippen LogP contribution in [0.2, 0.25) is 0 Å². The fourth-order valence-electron chi connectivity index (χ4n) is 1.67. The zero-order valence-electron chi connectivity index (χ0n) is 12.9. The smallest absolute Gasteiger partial charge is 0.122 e. The van der Waals surface area contributed by atoms with Gasteiger partial charge in [0.1, 0.15) is 12.4 Å². The fourth-order valence-corrected chi connectivity index (χ4v) is 1.67. The third-order valence-electron chi connectivity index (χ3n) is 2.73. The lowest BCUT2D eigenvalue weighted by Crippen LogP contribution is -2.38. The molecule has 0 atom stereocenters. The van der Waals surface area contributed by atoms with Crippen LogP contribution in [-0.2, 0) is 4.74 Å². The highest BCUT2D eigenvalue weighted by atomic mass is 16.5. The van der Waals surface area contributed by atoms with E-state index in [0.717, 1.165) is 12.3 Å². The molecule has 0 bridgehead atoms. The highest BCUT2D eigenvalue weighted by Gasteiger charge is 2.07. The lowest BCUT2D eigenvalue weighted by atomic mass is 10.1. The van der Waals surface area contributed by atoms with Crippen LogP contribution in [-0.4, -0.2) is 31.9 Å². The van der Waals surface area contributed by atoms with Gasteiger partial charge in [0.2, 0.25) is 0 Å². The maximum atomic E-state index is 5.72. The molecule has 0 saturated carbocycles. The van der Waals surface area contributed by atoms with E-state index in [1.807, 2.05) is 0 Å². The average molecular weight is 265 g/mol. The van der Waals surface area contributed by atoms with Crippen LogP contribution in [0, 0.1) is 13.8 Å². The second-order valence-electron chi connectivity index (χ2n) is 5.91. The lowest BCUT2D eigenvalue weighted by Gasteiger charge is -2.20. The molecule has 0 unspecified atom stereocenters. The van der Waals surface area contributed by atoms with E-state index in [2.05, 4.69) is 58.1 Å². The SMILES string of the molecule is Cc1ccc(C)c(OCCOCCNC(C)(C)C)c1. The van der Waals surface area contributed by atoms with Gasteiger partial charge in [-0.05, 0) is 51.8 Å². The maximum Gasteiger partial charge on any atom is 0.122 e. The van der Waals surface area contributed by atoms with Crippen LogP contribution < -0.4 is 10.1 Å². The molecule has 0 aromatic heterocycles. The van der Waals surface area contributed by atoms with Crippen LogP contribution >= 0.6 is 0 Å². The Labute approximate surface area is 117 Å². The Kier molecular flexibility index (Phi) is 6.32. The highest BCUT2D eigenvalue weighted by Crippen LogP contribution is 2.18. The molecule has 0 radical (unpaired) electrons. The van der Waals surface area contributed by atoms with Gasteiger partial charge in [-0.1, -0.05) is 12.1 Å². The fraction of sp³-hybridized carbons (Fsp3) is 0.625. The first-order chi connectivity index (χ1) is 8.88. The monoisotopic (exact) mass is 265 g/mol. The van der Waals surface area contributed by atoms with Gasteiger partial charge in [-0.2, -0.15) is 0 Å². The summed E-state index contributed by atoms with van der Waals surface area (Å²) in [7, 11) is 0. The van der Waals surface area contributed by atoms with Gasteiger partial charge >= 0.3 is 0 Å². The minimum atomic E-state index is 0.151. The third kappa shape index (κ3) is 7.19. The molecule has 1 aromatic carbocycles. The molecule has 3 heteroatoms. The van der Waals surface area contributed by atoms with E-state index in [1.54, 1.807) is 0 Å². The van der Waals surface area contributed by atoms with Gasteiger partial charge in [0.15, 0.2) is 0 Å². The van der Waals surface area contributed by atoms with Gasteiger partial charge in [0.05, 0.1) is 13.2 Å². The molecule has 1 N–H and O–H groups in total. The van der Waals surface area contributed by atoms with Gasteiger partial charge in [-0.3, -0.25) is 0 Å². The van der Waals surface area contributed by atoms with Gasteiger partial charge in [0.25, 0.3) is 0 Å². The molecule has 0 amide bonds. The largest absolute Gasteiger partial charge is 0.491 e. The van der Waals surface area contributed by atoms with E-state index >= 15 is 0 Å². The molecule has 1 aromatic rings. The summed E-state index contributed by atoms with van der Waals surface area (Å²) < 4.78 is 11.3. The summed E-state index contributed by atoms with van der Waals surface area (Å²) >= 11 is 0. The Morgan fingerprint density at radius 2 is 1.79 bits per heavy atom. The summed E-state index contributed by atoms with van der Waals surface area (Å²) in [5.74, 6) is 0.955. The van der Waals surface area contributed by atoms with E-state index < -0.39 is 0 Å². The van der Waals surface area contributed by atoms with Gasteiger partial charge < -0.3 is 14.8 Å². The predicted octanol–water partition coefficient (Wildman–Crippen LogP) is 3.09. The second kappa shape index (κ2) is 7.51. The van der Waals surface area contributed by atoms with E-state index in [0.29, 0.717) is 19.8 Å². The van der Waals surface area contributed by atoms with Crippen LogP contribution in [0.15, 0.2) is 18.2 Å². The van der Waals surface area contributed by atoms with Crippen LogP contribution in [0.5, 0.6) is 5.75 Å². The molecule has 108 valence electrons. The number of hydrogen-bond acceptors (Lipinski definition) is 3. The summed E-state index contributed by atoms with van der Waals surface area (Å²) in [6.07, 6.45) is 0. The zero-order chi connectivity index (χ0) is 14.3. The van der Waals surface area contributed by atoms with E-state index in [4.69, 9.17) is 9.47 Å². The first-order valence-corrected chi connectivity index (χ1v) is 6.91. The van der Waals surface area contributed by atoms with Crippen molar-refractivity contribution in [3.05, 3.63) is 29.3 Å². The van der Waals surface area contributed by atoms with Crippen LogP contribution in [0.4, 0.5) is 0 Å². The summed E-state index contributed by atoms with van der Waals surface area (Å²) in [5, 5.41) is 3.38. The summed E-state index contributed by atoms with van der Waals surface area (Å²) in [5.41, 5.74) is 2.54. The molecular formula is C16H27NO2. The van der Waals surface area contributed by atoms with Crippen molar-refractivity contribution < 1.29 is 9.47 Å². The van der Waals surface area contributed by atoms with Gasteiger partial charge in [0, 0.05) is 12.1 Å². The molecule has 1 rings (SSSR count). The molecule has 0 saturated heterocycles. The van der Waals surface area contributed by atoms with Crippen molar-refractivity contribution in [1.29, 1.82) is 0 Å². The molecule has 0 aliphatic heterocycles. The third-order valence-corrected chi connectivity index (χ3v) is 2.73. The number of aryl methyl sites for hydroxylation is 2. The topological polar surface area (TPSA) is 30.5 Å². The Bertz CT molecular complexity index is 383. The van der Waals surface area contributed by atoms with Crippen molar-refractivity contribution in [3.63, 3.8) is 0 Å². The standard InChI is InChI=1S/C16H27NO2/c1-13-6-7-14(2)15(12-13)19-11-10-18-9-8-17-16(3,4)5/h6-7,12,17H,8-11H2,1-5H3. The Morgan fingerprint density at radius 1 is 1.05 bits per heavy atom. The predicted molar refractivity (Wildman–Crippen MR) is 80.0 cm³/mol. The summed E-state index contributed by atoms with van der Waals surface area (Å²) in [4.78, 5) is 0. The molecule has 0 aliphatic carbocycles. The molecule has 0 aliphatic rings. The van der Waals surface area contributed by atoms with E-state index in [1.165, 1.54) is 11.1 Å². The molecule has 3 nitrogen and oxygen atoms in total. The number of benzene rings is 1. The van der Waals surface area contributed by atoms with Crippen molar-refractivity contribution in [1.82, 2.24) is 5.32 Å². The molecular weight excluding hydrogens is 238 g/mol.